The van der Waals surface area contributed by atoms with Crippen LogP contribution in [0.3, 0.4) is 0 Å². The maximum absolute atomic E-state index is 13.1. The third-order valence-corrected chi connectivity index (χ3v) is 15.2. The third kappa shape index (κ3) is 35.3. The van der Waals surface area contributed by atoms with Crippen LogP contribution < -0.4 is 0 Å². The summed E-state index contributed by atoms with van der Waals surface area (Å²) in [6, 6.07) is 0. The highest BCUT2D eigenvalue weighted by Gasteiger charge is 2.47. The van der Waals surface area contributed by atoms with Crippen LogP contribution in [-0.4, -0.2) is 142 Å². The molecular weight excluding hydrogens is 969 g/mol. The molecule has 2 aliphatic heterocycles. The maximum Gasteiger partial charge on any atom is 0.306 e. The largest absolute Gasteiger partial charge is 0.457 e. The normalized spacial score (nSPS) is 24.5. The Morgan fingerprint density at radius 3 is 1.20 bits per heavy atom. The Labute approximate surface area is 462 Å². The maximum atomic E-state index is 13.1. The first-order valence-corrected chi connectivity index (χ1v) is 31.4. The molecule has 2 aliphatic rings. The molecule has 14 nitrogen and oxygen atoms in total. The van der Waals surface area contributed by atoms with E-state index in [1.54, 1.807) is 0 Å². The molecule has 11 atom stereocenters. The van der Waals surface area contributed by atoms with E-state index in [2.05, 4.69) is 38.2 Å². The van der Waals surface area contributed by atoms with Gasteiger partial charge in [0.05, 0.1) is 26.4 Å². The van der Waals surface area contributed by atoms with Gasteiger partial charge in [-0.1, -0.05) is 218 Å². The molecule has 0 aromatic carbocycles. The minimum absolute atomic E-state index is 0.0612. The standard InChI is InChI=1S/C62H116O14/c1-3-5-7-9-11-13-15-17-19-21-22-23-24-25-26-27-28-29-31-33-35-37-39-41-43-45-54(64)74-51(48-71-46-44-42-40-38-36-34-32-30-20-18-16-14-12-10-8-6-4-2)49-72-61-60(70)58(68)56(66)53(76-61)50-73-62-59(69)57(67)55(65)52(47-63)75-62/h20-22,30,51-53,55-63,65-70H,3-19,23-29,31-50H2,1-2H3/b22-21-,30-20-. The fourth-order valence-corrected chi connectivity index (χ4v) is 10.1. The van der Waals surface area contributed by atoms with E-state index in [1.807, 2.05) is 0 Å². The Balaban J connectivity index is 1.67. The van der Waals surface area contributed by atoms with E-state index < -0.39 is 80.7 Å². The van der Waals surface area contributed by atoms with Gasteiger partial charge < -0.3 is 64.2 Å². The molecular formula is C62H116O14. The number of rotatable bonds is 52. The van der Waals surface area contributed by atoms with Gasteiger partial charge in [-0.25, -0.2) is 0 Å². The number of aliphatic hydroxyl groups is 7. The van der Waals surface area contributed by atoms with Crippen LogP contribution in [0.4, 0.5) is 0 Å². The molecule has 0 aromatic rings. The molecule has 0 saturated carbocycles. The van der Waals surface area contributed by atoms with Gasteiger partial charge >= 0.3 is 5.97 Å². The van der Waals surface area contributed by atoms with Crippen molar-refractivity contribution in [3.05, 3.63) is 24.3 Å². The molecule has 0 spiro atoms. The molecule has 448 valence electrons. The van der Waals surface area contributed by atoms with Crippen molar-refractivity contribution in [2.24, 2.45) is 0 Å². The lowest BCUT2D eigenvalue weighted by Crippen LogP contribution is -2.61. The average molecular weight is 1090 g/mol. The summed E-state index contributed by atoms with van der Waals surface area (Å²) in [6.45, 7) is 3.72. The van der Waals surface area contributed by atoms with Crippen LogP contribution in [0.1, 0.15) is 264 Å². The van der Waals surface area contributed by atoms with Gasteiger partial charge in [0.15, 0.2) is 12.6 Å². The number of allylic oxidation sites excluding steroid dienone is 4. The number of unbranched alkanes of at least 4 members (excludes halogenated alkanes) is 34. The predicted molar refractivity (Wildman–Crippen MR) is 303 cm³/mol. The second-order valence-electron chi connectivity index (χ2n) is 22.2. The molecule has 0 radical (unpaired) electrons. The summed E-state index contributed by atoms with van der Waals surface area (Å²) in [5.74, 6) is -0.373. The molecule has 0 aliphatic carbocycles. The zero-order valence-corrected chi connectivity index (χ0v) is 48.3. The van der Waals surface area contributed by atoms with Crippen LogP contribution in [0.15, 0.2) is 24.3 Å². The number of ether oxygens (including phenoxy) is 6. The van der Waals surface area contributed by atoms with Gasteiger partial charge in [-0.3, -0.25) is 4.79 Å². The van der Waals surface area contributed by atoms with Crippen molar-refractivity contribution in [2.75, 3.05) is 33.0 Å². The van der Waals surface area contributed by atoms with Gasteiger partial charge in [0.2, 0.25) is 0 Å². The first-order valence-electron chi connectivity index (χ1n) is 31.4. The average Bonchev–Trinajstić information content (AvgIpc) is 3.42. The van der Waals surface area contributed by atoms with Crippen molar-refractivity contribution in [2.45, 2.75) is 332 Å². The first kappa shape index (κ1) is 70.6. The lowest BCUT2D eigenvalue weighted by Gasteiger charge is -2.42. The highest BCUT2D eigenvalue weighted by atomic mass is 16.7. The third-order valence-electron chi connectivity index (χ3n) is 15.2. The minimum Gasteiger partial charge on any atom is -0.457 e. The fourth-order valence-electron chi connectivity index (χ4n) is 10.1. The molecule has 0 amide bonds. The van der Waals surface area contributed by atoms with Gasteiger partial charge in [0, 0.05) is 13.0 Å². The molecule has 14 heteroatoms. The van der Waals surface area contributed by atoms with Gasteiger partial charge in [-0.2, -0.15) is 0 Å². The number of hydrogen-bond acceptors (Lipinski definition) is 14. The number of carbonyl (C=O) groups excluding carboxylic acids is 1. The molecule has 76 heavy (non-hydrogen) atoms. The van der Waals surface area contributed by atoms with E-state index >= 15 is 0 Å². The Morgan fingerprint density at radius 1 is 0.421 bits per heavy atom. The summed E-state index contributed by atoms with van der Waals surface area (Å²) in [5.41, 5.74) is 0. The zero-order valence-electron chi connectivity index (χ0n) is 48.3. The Bertz CT molecular complexity index is 1350. The van der Waals surface area contributed by atoms with E-state index in [0.717, 1.165) is 44.9 Å². The Kier molecular flexibility index (Phi) is 45.8. The summed E-state index contributed by atoms with van der Waals surface area (Å²) in [5, 5.41) is 72.4. The van der Waals surface area contributed by atoms with Gasteiger partial charge in [-0.15, -0.1) is 0 Å². The molecule has 11 unspecified atom stereocenters. The highest BCUT2D eigenvalue weighted by molar-refractivity contribution is 5.69. The molecule has 7 N–H and O–H groups in total. The monoisotopic (exact) mass is 1080 g/mol. The molecule has 0 bridgehead atoms. The molecule has 0 aromatic heterocycles. The Hall–Kier alpha value is -1.53. The first-order chi connectivity index (χ1) is 37.1. The van der Waals surface area contributed by atoms with Gasteiger partial charge in [0.1, 0.15) is 54.9 Å². The van der Waals surface area contributed by atoms with Gasteiger partial charge in [0.25, 0.3) is 0 Å². The molecule has 2 heterocycles. The summed E-state index contributed by atoms with van der Waals surface area (Å²) < 4.78 is 34.4. The van der Waals surface area contributed by atoms with Crippen LogP contribution in [0.25, 0.3) is 0 Å². The number of aliphatic hydroxyl groups excluding tert-OH is 7. The van der Waals surface area contributed by atoms with E-state index in [1.165, 1.54) is 193 Å². The second-order valence-corrected chi connectivity index (χ2v) is 22.2. The minimum atomic E-state index is -1.71. The summed E-state index contributed by atoms with van der Waals surface area (Å²) in [6.07, 6.45) is 41.0. The molecule has 2 saturated heterocycles. The van der Waals surface area contributed by atoms with E-state index in [4.69, 9.17) is 28.4 Å². The predicted octanol–water partition coefficient (Wildman–Crippen LogP) is 11.9. The van der Waals surface area contributed by atoms with Crippen molar-refractivity contribution in [1.29, 1.82) is 0 Å². The Morgan fingerprint density at radius 2 is 0.776 bits per heavy atom. The zero-order chi connectivity index (χ0) is 55.1. The lowest BCUT2D eigenvalue weighted by atomic mass is 9.98. The second kappa shape index (κ2) is 49.3. The quantitative estimate of drug-likeness (QED) is 0.0172. The molecule has 2 fully saturated rings. The topological polar surface area (TPSA) is 214 Å². The smallest absolute Gasteiger partial charge is 0.306 e. The van der Waals surface area contributed by atoms with Crippen LogP contribution >= 0.6 is 0 Å². The lowest BCUT2D eigenvalue weighted by molar-refractivity contribution is -0.332. The summed E-state index contributed by atoms with van der Waals surface area (Å²) >= 11 is 0. The number of hydrogen-bond donors (Lipinski definition) is 7. The summed E-state index contributed by atoms with van der Waals surface area (Å²) in [4.78, 5) is 13.1. The number of esters is 1. The fraction of sp³-hybridized carbons (Fsp3) is 0.919. The molecule has 2 rings (SSSR count). The van der Waals surface area contributed by atoms with Crippen molar-refractivity contribution in [3.8, 4) is 0 Å². The van der Waals surface area contributed by atoms with Crippen molar-refractivity contribution < 1.29 is 69.0 Å². The number of carbonyl (C=O) groups is 1. The van der Waals surface area contributed by atoms with E-state index in [-0.39, 0.29) is 25.6 Å². The van der Waals surface area contributed by atoms with E-state index in [9.17, 15) is 40.5 Å². The van der Waals surface area contributed by atoms with Crippen molar-refractivity contribution in [3.63, 3.8) is 0 Å². The van der Waals surface area contributed by atoms with Crippen LogP contribution in [0.2, 0.25) is 0 Å². The van der Waals surface area contributed by atoms with Crippen LogP contribution in [-0.2, 0) is 33.2 Å². The summed E-state index contributed by atoms with van der Waals surface area (Å²) in [7, 11) is 0. The SMILES string of the molecule is CCCCCCCCC/C=C\CCCCCCCCOCC(COC1OC(COC2OC(CO)C(O)C(O)C2O)C(O)C(O)C1O)OC(=O)CCCCCCCCCCCCCCC/C=C\CCCCCCCCCC. The van der Waals surface area contributed by atoms with E-state index in [0.29, 0.717) is 13.0 Å². The van der Waals surface area contributed by atoms with Crippen LogP contribution in [0, 0.1) is 0 Å². The van der Waals surface area contributed by atoms with Gasteiger partial charge in [-0.05, 0) is 64.2 Å². The van der Waals surface area contributed by atoms with Crippen molar-refractivity contribution >= 4 is 5.97 Å². The highest BCUT2D eigenvalue weighted by Crippen LogP contribution is 2.27. The van der Waals surface area contributed by atoms with Crippen LogP contribution in [0.5, 0.6) is 0 Å². The van der Waals surface area contributed by atoms with Crippen molar-refractivity contribution in [1.82, 2.24) is 0 Å².